The Morgan fingerprint density at radius 2 is 2.10 bits per heavy atom. The Hall–Kier alpha value is -1.91. The summed E-state index contributed by atoms with van der Waals surface area (Å²) in [5.41, 5.74) is 2.21. The summed E-state index contributed by atoms with van der Waals surface area (Å²) in [4.78, 5) is 4.35. The molecule has 0 amide bonds. The summed E-state index contributed by atoms with van der Waals surface area (Å²) in [5, 5.41) is 16.3. The molecule has 1 atom stereocenters. The summed E-state index contributed by atoms with van der Waals surface area (Å²) in [7, 11) is 0. The van der Waals surface area contributed by atoms with E-state index in [0.717, 1.165) is 22.2 Å². The zero-order valence-corrected chi connectivity index (χ0v) is 11.7. The molecule has 1 N–H and O–H groups in total. The van der Waals surface area contributed by atoms with Crippen LogP contribution in [-0.4, -0.2) is 19.9 Å². The van der Waals surface area contributed by atoms with Gasteiger partial charge >= 0.3 is 0 Å². The second-order valence-corrected chi connectivity index (χ2v) is 4.92. The number of hydrogen-bond acceptors (Lipinski definition) is 3. The van der Waals surface area contributed by atoms with Gasteiger partial charge in [0.1, 0.15) is 6.10 Å². The van der Waals surface area contributed by atoms with Gasteiger partial charge in [0.2, 0.25) is 0 Å². The van der Waals surface area contributed by atoms with Crippen LogP contribution >= 0.6 is 11.6 Å². The minimum Gasteiger partial charge on any atom is -0.382 e. The van der Waals surface area contributed by atoms with Gasteiger partial charge in [-0.25, -0.2) is 0 Å². The highest BCUT2D eigenvalue weighted by molar-refractivity contribution is 6.35. The third-order valence-electron chi connectivity index (χ3n) is 3.37. The van der Waals surface area contributed by atoms with E-state index in [4.69, 9.17) is 11.6 Å². The maximum Gasteiger partial charge on any atom is 0.123 e. The summed E-state index contributed by atoms with van der Waals surface area (Å²) in [6.07, 6.45) is 2.62. The molecule has 2 aromatic heterocycles. The van der Waals surface area contributed by atoms with Crippen molar-refractivity contribution in [3.63, 3.8) is 0 Å². The van der Waals surface area contributed by atoms with E-state index in [-0.39, 0.29) is 0 Å². The molecule has 2 heterocycles. The van der Waals surface area contributed by atoms with Crippen molar-refractivity contribution in [2.45, 2.75) is 19.6 Å². The van der Waals surface area contributed by atoms with Gasteiger partial charge in [0, 0.05) is 34.9 Å². The maximum atomic E-state index is 10.6. The van der Waals surface area contributed by atoms with Crippen LogP contribution in [0.15, 0.2) is 42.7 Å². The number of fused-ring (bicyclic) bond motifs is 1. The van der Waals surface area contributed by atoms with Crippen molar-refractivity contribution in [3.8, 4) is 0 Å². The number of aryl methyl sites for hydroxylation is 1. The SMILES string of the molecule is CCn1nccc1C(O)c1ccc(Cl)c2cccnc12. The molecule has 0 bridgehead atoms. The summed E-state index contributed by atoms with van der Waals surface area (Å²) in [6.45, 7) is 2.69. The molecule has 0 spiro atoms. The third-order valence-corrected chi connectivity index (χ3v) is 3.70. The molecule has 0 fully saturated rings. The molecule has 1 aromatic carbocycles. The lowest BCUT2D eigenvalue weighted by molar-refractivity contribution is 0.209. The largest absolute Gasteiger partial charge is 0.382 e. The van der Waals surface area contributed by atoms with Crippen LogP contribution in [0.3, 0.4) is 0 Å². The Morgan fingerprint density at radius 3 is 2.90 bits per heavy atom. The van der Waals surface area contributed by atoms with E-state index in [2.05, 4.69) is 10.1 Å². The second-order valence-electron chi connectivity index (χ2n) is 4.51. The highest BCUT2D eigenvalue weighted by Crippen LogP contribution is 2.31. The van der Waals surface area contributed by atoms with Crippen LogP contribution in [0.4, 0.5) is 0 Å². The Balaban J connectivity index is 2.17. The number of aliphatic hydroxyl groups is 1. The highest BCUT2D eigenvalue weighted by atomic mass is 35.5. The first-order valence-corrected chi connectivity index (χ1v) is 6.83. The van der Waals surface area contributed by atoms with Gasteiger partial charge in [0.15, 0.2) is 0 Å². The summed E-state index contributed by atoms with van der Waals surface area (Å²) in [6, 6.07) is 9.16. The lowest BCUT2D eigenvalue weighted by Gasteiger charge is -2.15. The molecular formula is C15H14ClN3O. The Labute approximate surface area is 121 Å². The lowest BCUT2D eigenvalue weighted by Crippen LogP contribution is -2.09. The predicted molar refractivity (Wildman–Crippen MR) is 78.7 cm³/mol. The number of rotatable bonds is 3. The first kappa shape index (κ1) is 13.1. The second kappa shape index (κ2) is 5.23. The molecular weight excluding hydrogens is 274 g/mol. The highest BCUT2D eigenvalue weighted by Gasteiger charge is 2.18. The Bertz CT molecular complexity index is 754. The van der Waals surface area contributed by atoms with Gasteiger partial charge in [0.25, 0.3) is 0 Å². The van der Waals surface area contributed by atoms with Crippen molar-refractivity contribution in [3.05, 3.63) is 59.0 Å². The van der Waals surface area contributed by atoms with E-state index in [1.54, 1.807) is 23.1 Å². The molecule has 0 aliphatic heterocycles. The number of pyridine rings is 1. The number of hydrogen-bond donors (Lipinski definition) is 1. The third kappa shape index (κ3) is 2.07. The Morgan fingerprint density at radius 1 is 1.25 bits per heavy atom. The molecule has 0 aliphatic rings. The quantitative estimate of drug-likeness (QED) is 0.805. The predicted octanol–water partition coefficient (Wildman–Crippen LogP) is 3.19. The number of benzene rings is 1. The summed E-state index contributed by atoms with van der Waals surface area (Å²) >= 11 is 6.18. The number of aromatic nitrogens is 3. The number of aliphatic hydroxyl groups excluding tert-OH is 1. The van der Waals surface area contributed by atoms with Crippen LogP contribution in [0.2, 0.25) is 5.02 Å². The molecule has 4 nitrogen and oxygen atoms in total. The van der Waals surface area contributed by atoms with Gasteiger partial charge in [-0.3, -0.25) is 9.67 Å². The van der Waals surface area contributed by atoms with Crippen LogP contribution in [0, 0.1) is 0 Å². The van der Waals surface area contributed by atoms with Crippen molar-refractivity contribution in [1.82, 2.24) is 14.8 Å². The first-order chi connectivity index (χ1) is 9.72. The molecule has 3 aromatic rings. The van der Waals surface area contributed by atoms with Crippen LogP contribution in [-0.2, 0) is 6.54 Å². The van der Waals surface area contributed by atoms with E-state index in [0.29, 0.717) is 11.6 Å². The smallest absolute Gasteiger partial charge is 0.123 e. The van der Waals surface area contributed by atoms with Crippen molar-refractivity contribution in [2.75, 3.05) is 0 Å². The zero-order chi connectivity index (χ0) is 14.1. The zero-order valence-electron chi connectivity index (χ0n) is 11.0. The molecule has 3 rings (SSSR count). The average Bonchev–Trinajstić information content (AvgIpc) is 2.96. The first-order valence-electron chi connectivity index (χ1n) is 6.45. The summed E-state index contributed by atoms with van der Waals surface area (Å²) < 4.78 is 1.77. The van der Waals surface area contributed by atoms with Gasteiger partial charge in [-0.15, -0.1) is 0 Å². The number of halogens is 1. The van der Waals surface area contributed by atoms with Crippen LogP contribution in [0.1, 0.15) is 24.3 Å². The van der Waals surface area contributed by atoms with Gasteiger partial charge in [-0.05, 0) is 31.2 Å². The maximum absolute atomic E-state index is 10.6. The van der Waals surface area contributed by atoms with Crippen LogP contribution in [0.25, 0.3) is 10.9 Å². The molecule has 0 aliphatic carbocycles. The standard InChI is InChI=1S/C15H14ClN3O/c1-2-19-13(7-9-18-19)15(20)11-5-6-12(16)10-4-3-8-17-14(10)11/h3-9,15,20H,2H2,1H3. The van der Waals surface area contributed by atoms with Crippen LogP contribution in [0.5, 0.6) is 0 Å². The van der Waals surface area contributed by atoms with Gasteiger partial charge < -0.3 is 5.11 Å². The normalized spacial score (nSPS) is 12.8. The summed E-state index contributed by atoms with van der Waals surface area (Å²) in [5.74, 6) is 0. The van der Waals surface area contributed by atoms with E-state index < -0.39 is 6.10 Å². The van der Waals surface area contributed by atoms with Crippen molar-refractivity contribution >= 4 is 22.5 Å². The molecule has 0 saturated heterocycles. The average molecular weight is 288 g/mol. The van der Waals surface area contributed by atoms with E-state index in [9.17, 15) is 5.11 Å². The van der Waals surface area contributed by atoms with Crippen LogP contribution < -0.4 is 0 Å². The van der Waals surface area contributed by atoms with Gasteiger partial charge in [0.05, 0.1) is 11.2 Å². The molecule has 20 heavy (non-hydrogen) atoms. The molecule has 0 saturated carbocycles. The van der Waals surface area contributed by atoms with Crippen molar-refractivity contribution in [1.29, 1.82) is 0 Å². The Kier molecular flexibility index (Phi) is 3.42. The monoisotopic (exact) mass is 287 g/mol. The van der Waals surface area contributed by atoms with E-state index in [1.165, 1.54) is 0 Å². The molecule has 1 unspecified atom stereocenters. The van der Waals surface area contributed by atoms with Crippen molar-refractivity contribution in [2.24, 2.45) is 0 Å². The molecule has 5 heteroatoms. The van der Waals surface area contributed by atoms with E-state index in [1.807, 2.05) is 31.2 Å². The van der Waals surface area contributed by atoms with E-state index >= 15 is 0 Å². The minimum absolute atomic E-state index is 0.632. The van der Waals surface area contributed by atoms with Gasteiger partial charge in [-0.1, -0.05) is 17.7 Å². The fraction of sp³-hybridized carbons (Fsp3) is 0.200. The fourth-order valence-corrected chi connectivity index (χ4v) is 2.59. The molecule has 102 valence electrons. The minimum atomic E-state index is -0.771. The van der Waals surface area contributed by atoms with Gasteiger partial charge in [-0.2, -0.15) is 5.10 Å². The topological polar surface area (TPSA) is 50.9 Å². The molecule has 0 radical (unpaired) electrons. The number of nitrogens with zero attached hydrogens (tertiary/aromatic N) is 3. The van der Waals surface area contributed by atoms with Crippen molar-refractivity contribution < 1.29 is 5.11 Å². The fourth-order valence-electron chi connectivity index (χ4n) is 2.38. The lowest BCUT2D eigenvalue weighted by atomic mass is 10.0.